The summed E-state index contributed by atoms with van der Waals surface area (Å²) in [7, 11) is 0. The number of nitrogens with one attached hydrogen (secondary N) is 2. The molecular weight excluding hydrogens is 385 g/mol. The smallest absolute Gasteiger partial charge is 0.264 e. The number of fused-ring (bicyclic) bond motifs is 2. The van der Waals surface area contributed by atoms with E-state index in [-0.39, 0.29) is 24.0 Å². The van der Waals surface area contributed by atoms with Crippen molar-refractivity contribution in [1.82, 2.24) is 29.1 Å². The average molecular weight is 401 g/mol. The Morgan fingerprint density at radius 3 is 2.70 bits per heavy atom. The molecule has 2 N–H and O–H groups in total. The summed E-state index contributed by atoms with van der Waals surface area (Å²) in [5, 5.41) is 7.87. The van der Waals surface area contributed by atoms with Crippen molar-refractivity contribution in [3.05, 3.63) is 94.2 Å². The SMILES string of the molecule is N=c1ncn(Cc2nc3cccc(F)c3c(=O)n2Cc2ccccc2)c2nc[nH]c12. The number of rotatable bonds is 4. The van der Waals surface area contributed by atoms with E-state index in [1.165, 1.54) is 29.4 Å². The molecule has 0 fully saturated rings. The van der Waals surface area contributed by atoms with Crippen molar-refractivity contribution in [2.75, 3.05) is 0 Å². The second-order valence-corrected chi connectivity index (χ2v) is 6.86. The van der Waals surface area contributed by atoms with Gasteiger partial charge in [-0.15, -0.1) is 0 Å². The molecule has 0 atom stereocenters. The third-order valence-corrected chi connectivity index (χ3v) is 4.96. The van der Waals surface area contributed by atoms with E-state index in [1.807, 2.05) is 30.3 Å². The first kappa shape index (κ1) is 17.9. The van der Waals surface area contributed by atoms with Crippen LogP contribution in [-0.4, -0.2) is 29.1 Å². The fourth-order valence-corrected chi connectivity index (χ4v) is 3.51. The van der Waals surface area contributed by atoms with Crippen LogP contribution in [0.15, 0.2) is 66.0 Å². The summed E-state index contributed by atoms with van der Waals surface area (Å²) < 4.78 is 17.6. The summed E-state index contributed by atoms with van der Waals surface area (Å²) in [6.07, 6.45) is 2.97. The van der Waals surface area contributed by atoms with Crippen LogP contribution in [0.5, 0.6) is 0 Å². The summed E-state index contributed by atoms with van der Waals surface area (Å²) in [5.74, 6) is -0.156. The molecule has 8 nitrogen and oxygen atoms in total. The number of H-pyrrole nitrogens is 1. The van der Waals surface area contributed by atoms with Crippen LogP contribution in [0.2, 0.25) is 0 Å². The van der Waals surface area contributed by atoms with Crippen molar-refractivity contribution in [1.29, 1.82) is 5.41 Å². The minimum absolute atomic E-state index is 0.0354. The molecule has 0 aliphatic rings. The maximum atomic E-state index is 14.4. The normalized spacial score (nSPS) is 11.4. The Bertz CT molecular complexity index is 1500. The van der Waals surface area contributed by atoms with E-state index >= 15 is 0 Å². The lowest BCUT2D eigenvalue weighted by Gasteiger charge is -2.15. The van der Waals surface area contributed by atoms with E-state index in [0.717, 1.165) is 5.56 Å². The van der Waals surface area contributed by atoms with Crippen LogP contribution in [0.1, 0.15) is 11.4 Å². The van der Waals surface area contributed by atoms with E-state index in [2.05, 4.69) is 19.9 Å². The molecule has 0 saturated carbocycles. The van der Waals surface area contributed by atoms with E-state index in [0.29, 0.717) is 22.5 Å². The number of imidazole rings is 1. The van der Waals surface area contributed by atoms with E-state index < -0.39 is 11.4 Å². The second-order valence-electron chi connectivity index (χ2n) is 6.86. The zero-order valence-electron chi connectivity index (χ0n) is 15.7. The van der Waals surface area contributed by atoms with Gasteiger partial charge in [-0.05, 0) is 17.7 Å². The van der Waals surface area contributed by atoms with Gasteiger partial charge in [0.15, 0.2) is 11.1 Å². The van der Waals surface area contributed by atoms with Crippen molar-refractivity contribution in [3.8, 4) is 0 Å². The fraction of sp³-hybridized carbons (Fsp3) is 0.0952. The first-order chi connectivity index (χ1) is 14.6. The van der Waals surface area contributed by atoms with Crippen LogP contribution in [0, 0.1) is 11.2 Å². The minimum atomic E-state index is -0.596. The predicted molar refractivity (Wildman–Crippen MR) is 108 cm³/mol. The van der Waals surface area contributed by atoms with Crippen LogP contribution < -0.4 is 11.0 Å². The van der Waals surface area contributed by atoms with Crippen molar-refractivity contribution < 1.29 is 4.39 Å². The Hall–Kier alpha value is -4.14. The summed E-state index contributed by atoms with van der Waals surface area (Å²) in [6.45, 7) is 0.434. The molecule has 3 heterocycles. The lowest BCUT2D eigenvalue weighted by Crippen LogP contribution is -2.28. The zero-order chi connectivity index (χ0) is 20.7. The predicted octanol–water partition coefficient (Wildman–Crippen LogP) is 2.18. The molecule has 148 valence electrons. The third kappa shape index (κ3) is 2.96. The second kappa shape index (κ2) is 7.03. The van der Waals surface area contributed by atoms with Crippen LogP contribution >= 0.6 is 0 Å². The van der Waals surface area contributed by atoms with Gasteiger partial charge in [0, 0.05) is 0 Å². The number of hydrogen-bond donors (Lipinski definition) is 2. The van der Waals surface area contributed by atoms with Crippen LogP contribution in [-0.2, 0) is 13.1 Å². The number of benzene rings is 2. The van der Waals surface area contributed by atoms with Gasteiger partial charge in [-0.2, -0.15) is 0 Å². The molecule has 5 rings (SSSR count). The molecule has 0 unspecified atom stereocenters. The van der Waals surface area contributed by atoms with Gasteiger partial charge in [-0.1, -0.05) is 36.4 Å². The van der Waals surface area contributed by atoms with Gasteiger partial charge < -0.3 is 9.55 Å². The van der Waals surface area contributed by atoms with Crippen LogP contribution in [0.25, 0.3) is 22.1 Å². The molecule has 9 heteroatoms. The zero-order valence-corrected chi connectivity index (χ0v) is 15.7. The Kier molecular flexibility index (Phi) is 4.20. The molecule has 0 aliphatic heterocycles. The van der Waals surface area contributed by atoms with E-state index in [9.17, 15) is 9.18 Å². The molecule has 0 radical (unpaired) electrons. The highest BCUT2D eigenvalue weighted by atomic mass is 19.1. The largest absolute Gasteiger partial charge is 0.340 e. The molecule has 0 bridgehead atoms. The topological polar surface area (TPSA) is 105 Å². The Labute approximate surface area is 168 Å². The average Bonchev–Trinajstić information content (AvgIpc) is 3.25. The Morgan fingerprint density at radius 1 is 1.03 bits per heavy atom. The molecular formula is C21H16FN7O. The van der Waals surface area contributed by atoms with Gasteiger partial charge >= 0.3 is 0 Å². The molecule has 2 aromatic carbocycles. The number of aromatic amines is 1. The first-order valence-electron chi connectivity index (χ1n) is 9.27. The minimum Gasteiger partial charge on any atom is -0.340 e. The number of nitrogens with zero attached hydrogens (tertiary/aromatic N) is 5. The van der Waals surface area contributed by atoms with E-state index in [4.69, 9.17) is 5.41 Å². The monoisotopic (exact) mass is 401 g/mol. The quantitative estimate of drug-likeness (QED) is 0.481. The molecule has 0 spiro atoms. The van der Waals surface area contributed by atoms with Gasteiger partial charge in [0.1, 0.15) is 22.5 Å². The molecule has 5 aromatic rings. The van der Waals surface area contributed by atoms with Gasteiger partial charge in [0.25, 0.3) is 5.56 Å². The Balaban J connectivity index is 1.72. The van der Waals surface area contributed by atoms with Crippen molar-refractivity contribution in [2.24, 2.45) is 0 Å². The molecule has 0 saturated heterocycles. The molecule has 0 aliphatic carbocycles. The number of aromatic nitrogens is 6. The molecule has 3 aromatic heterocycles. The number of halogens is 1. The first-order valence-corrected chi connectivity index (χ1v) is 9.27. The van der Waals surface area contributed by atoms with Crippen LogP contribution in [0.3, 0.4) is 0 Å². The van der Waals surface area contributed by atoms with Crippen molar-refractivity contribution in [3.63, 3.8) is 0 Å². The lowest BCUT2D eigenvalue weighted by molar-refractivity contribution is 0.616. The highest BCUT2D eigenvalue weighted by molar-refractivity contribution is 5.78. The van der Waals surface area contributed by atoms with Crippen molar-refractivity contribution >= 4 is 22.1 Å². The van der Waals surface area contributed by atoms with Gasteiger partial charge in [0.05, 0.1) is 31.3 Å². The fourth-order valence-electron chi connectivity index (χ4n) is 3.51. The summed E-state index contributed by atoms with van der Waals surface area (Å²) in [6, 6.07) is 13.9. The van der Waals surface area contributed by atoms with Gasteiger partial charge in [-0.3, -0.25) is 14.8 Å². The van der Waals surface area contributed by atoms with Crippen molar-refractivity contribution in [2.45, 2.75) is 13.1 Å². The third-order valence-electron chi connectivity index (χ3n) is 4.96. The standard InChI is InChI=1S/C21H16FN7O/c22-14-7-4-8-15-17(14)21(30)29(9-13-5-2-1-3-6-13)16(27-15)10-28-12-26-19(23)18-20(28)25-11-24-18/h1-8,11-12,23H,9-10H2,(H,24,25). The maximum absolute atomic E-state index is 14.4. The Morgan fingerprint density at radius 2 is 1.87 bits per heavy atom. The molecule has 0 amide bonds. The van der Waals surface area contributed by atoms with Crippen LogP contribution in [0.4, 0.5) is 4.39 Å². The highest BCUT2D eigenvalue weighted by Crippen LogP contribution is 2.15. The summed E-state index contributed by atoms with van der Waals surface area (Å²) in [4.78, 5) is 29.1. The number of hydrogen-bond acceptors (Lipinski definition) is 5. The lowest BCUT2D eigenvalue weighted by atomic mass is 10.2. The molecule has 30 heavy (non-hydrogen) atoms. The van der Waals surface area contributed by atoms with Gasteiger partial charge in [-0.25, -0.2) is 19.3 Å². The van der Waals surface area contributed by atoms with E-state index in [1.54, 1.807) is 10.6 Å². The maximum Gasteiger partial charge on any atom is 0.264 e. The summed E-state index contributed by atoms with van der Waals surface area (Å²) >= 11 is 0. The summed E-state index contributed by atoms with van der Waals surface area (Å²) in [5.41, 5.74) is 1.84. The van der Waals surface area contributed by atoms with Gasteiger partial charge in [0.2, 0.25) is 0 Å². The highest BCUT2D eigenvalue weighted by Gasteiger charge is 2.16.